The van der Waals surface area contributed by atoms with Gasteiger partial charge in [-0.1, -0.05) is 6.07 Å². The fourth-order valence-electron chi connectivity index (χ4n) is 3.13. The molecule has 1 aliphatic rings. The quantitative estimate of drug-likeness (QED) is 0.919. The van der Waals surface area contributed by atoms with Crippen molar-refractivity contribution in [2.24, 2.45) is 5.92 Å². The fourth-order valence-corrected chi connectivity index (χ4v) is 3.13. The van der Waals surface area contributed by atoms with Gasteiger partial charge < -0.3 is 15.1 Å². The van der Waals surface area contributed by atoms with Crippen molar-refractivity contribution in [1.29, 1.82) is 0 Å². The molecule has 1 saturated heterocycles. The Kier molecular flexibility index (Phi) is 4.98. The molecule has 0 aromatic heterocycles. The molecule has 3 rings (SSSR count). The maximum Gasteiger partial charge on any atom is 0.229 e. The SMILES string of the molecule is Cc1ccc(NC(=O)C2CC(=O)N(c3ccc(N(C)C)cc3)C2)cc1C. The number of nitrogens with one attached hydrogen (secondary N) is 1. The highest BCUT2D eigenvalue weighted by atomic mass is 16.2. The van der Waals surface area contributed by atoms with Crippen LogP contribution in [0.4, 0.5) is 17.1 Å². The van der Waals surface area contributed by atoms with Gasteiger partial charge in [0.1, 0.15) is 0 Å². The Morgan fingerprint density at radius 3 is 2.38 bits per heavy atom. The third kappa shape index (κ3) is 3.72. The molecule has 1 unspecified atom stereocenters. The van der Waals surface area contributed by atoms with E-state index in [4.69, 9.17) is 0 Å². The largest absolute Gasteiger partial charge is 0.378 e. The van der Waals surface area contributed by atoms with Crippen molar-refractivity contribution in [3.8, 4) is 0 Å². The maximum atomic E-state index is 12.6. The molecule has 0 bridgehead atoms. The monoisotopic (exact) mass is 351 g/mol. The Morgan fingerprint density at radius 1 is 1.08 bits per heavy atom. The number of hydrogen-bond acceptors (Lipinski definition) is 3. The van der Waals surface area contributed by atoms with E-state index < -0.39 is 0 Å². The third-order valence-corrected chi connectivity index (χ3v) is 4.95. The molecule has 0 saturated carbocycles. The molecule has 136 valence electrons. The van der Waals surface area contributed by atoms with Crippen LogP contribution in [-0.2, 0) is 9.59 Å². The van der Waals surface area contributed by atoms with Crippen molar-refractivity contribution in [1.82, 2.24) is 0 Å². The minimum Gasteiger partial charge on any atom is -0.378 e. The normalized spacial score (nSPS) is 16.7. The second-order valence-electron chi connectivity index (χ2n) is 7.10. The molecule has 2 aromatic rings. The number of aryl methyl sites for hydroxylation is 2. The van der Waals surface area contributed by atoms with Crippen LogP contribution >= 0.6 is 0 Å². The molecule has 5 heteroatoms. The molecule has 2 amide bonds. The van der Waals surface area contributed by atoms with Gasteiger partial charge in [-0.2, -0.15) is 0 Å². The summed E-state index contributed by atoms with van der Waals surface area (Å²) in [6.45, 7) is 4.47. The highest BCUT2D eigenvalue weighted by molar-refractivity contribution is 6.03. The van der Waals surface area contributed by atoms with Crippen molar-refractivity contribution in [3.05, 3.63) is 53.6 Å². The second-order valence-corrected chi connectivity index (χ2v) is 7.10. The molecule has 1 heterocycles. The van der Waals surface area contributed by atoms with Crippen LogP contribution in [0.3, 0.4) is 0 Å². The number of hydrogen-bond donors (Lipinski definition) is 1. The van der Waals surface area contributed by atoms with Crippen molar-refractivity contribution < 1.29 is 9.59 Å². The van der Waals surface area contributed by atoms with Gasteiger partial charge in [0.25, 0.3) is 0 Å². The Balaban J connectivity index is 1.68. The molecule has 5 nitrogen and oxygen atoms in total. The summed E-state index contributed by atoms with van der Waals surface area (Å²) in [5.41, 5.74) is 5.00. The fraction of sp³-hybridized carbons (Fsp3) is 0.333. The average Bonchev–Trinajstić information content (AvgIpc) is 3.00. The number of benzene rings is 2. The van der Waals surface area contributed by atoms with Gasteiger partial charge in [0.05, 0.1) is 5.92 Å². The van der Waals surface area contributed by atoms with Crippen molar-refractivity contribution in [2.45, 2.75) is 20.3 Å². The summed E-state index contributed by atoms with van der Waals surface area (Å²) >= 11 is 0. The number of anilines is 3. The van der Waals surface area contributed by atoms with Gasteiger partial charge in [-0.25, -0.2) is 0 Å². The van der Waals surface area contributed by atoms with Gasteiger partial charge in [0, 0.05) is 44.1 Å². The zero-order valence-electron chi connectivity index (χ0n) is 15.7. The summed E-state index contributed by atoms with van der Waals surface area (Å²) in [7, 11) is 3.95. The van der Waals surface area contributed by atoms with Crippen LogP contribution in [0.25, 0.3) is 0 Å². The summed E-state index contributed by atoms with van der Waals surface area (Å²) in [5, 5.41) is 2.94. The third-order valence-electron chi connectivity index (χ3n) is 4.95. The van der Waals surface area contributed by atoms with Gasteiger partial charge in [-0.05, 0) is 61.4 Å². The molecule has 26 heavy (non-hydrogen) atoms. The van der Waals surface area contributed by atoms with E-state index in [1.807, 2.05) is 75.3 Å². The molecular weight excluding hydrogens is 326 g/mol. The smallest absolute Gasteiger partial charge is 0.229 e. The van der Waals surface area contributed by atoms with E-state index in [0.717, 1.165) is 22.6 Å². The van der Waals surface area contributed by atoms with Crippen LogP contribution in [0, 0.1) is 19.8 Å². The van der Waals surface area contributed by atoms with E-state index >= 15 is 0 Å². The molecule has 1 N–H and O–H groups in total. The Labute approximate surface area is 154 Å². The van der Waals surface area contributed by atoms with Gasteiger partial charge in [0.2, 0.25) is 11.8 Å². The molecule has 0 radical (unpaired) electrons. The first-order chi connectivity index (χ1) is 12.3. The van der Waals surface area contributed by atoms with Crippen molar-refractivity contribution in [2.75, 3.05) is 35.8 Å². The summed E-state index contributed by atoms with van der Waals surface area (Å²) in [6, 6.07) is 13.7. The zero-order valence-corrected chi connectivity index (χ0v) is 15.7. The van der Waals surface area contributed by atoms with E-state index in [1.54, 1.807) is 4.90 Å². The molecular formula is C21H25N3O2. The molecule has 1 aliphatic heterocycles. The molecule has 1 atom stereocenters. The lowest BCUT2D eigenvalue weighted by Crippen LogP contribution is -2.28. The highest BCUT2D eigenvalue weighted by Gasteiger charge is 2.35. The first-order valence-corrected chi connectivity index (χ1v) is 8.81. The topological polar surface area (TPSA) is 52.7 Å². The van der Waals surface area contributed by atoms with Crippen LogP contribution < -0.4 is 15.1 Å². The predicted molar refractivity (Wildman–Crippen MR) is 106 cm³/mol. The van der Waals surface area contributed by atoms with Gasteiger partial charge in [0.15, 0.2) is 0 Å². The van der Waals surface area contributed by atoms with E-state index in [1.165, 1.54) is 5.56 Å². The van der Waals surface area contributed by atoms with Crippen LogP contribution in [0.15, 0.2) is 42.5 Å². The van der Waals surface area contributed by atoms with Gasteiger partial charge >= 0.3 is 0 Å². The van der Waals surface area contributed by atoms with Crippen LogP contribution in [-0.4, -0.2) is 32.5 Å². The summed E-state index contributed by atoms with van der Waals surface area (Å²) in [4.78, 5) is 28.7. The standard InChI is InChI=1S/C21H25N3O2/c1-14-5-6-17(11-15(14)2)22-21(26)16-12-20(25)24(13-16)19-9-7-18(8-10-19)23(3)4/h5-11,16H,12-13H2,1-4H3,(H,22,26). The number of carbonyl (C=O) groups excluding carboxylic acids is 2. The number of nitrogens with zero attached hydrogens (tertiary/aromatic N) is 2. The zero-order chi connectivity index (χ0) is 18.8. The average molecular weight is 351 g/mol. The van der Waals surface area contributed by atoms with E-state index in [0.29, 0.717) is 6.54 Å². The first kappa shape index (κ1) is 18.0. The van der Waals surface area contributed by atoms with Crippen LogP contribution in [0.5, 0.6) is 0 Å². The van der Waals surface area contributed by atoms with E-state index in [9.17, 15) is 9.59 Å². The molecule has 0 aliphatic carbocycles. The summed E-state index contributed by atoms with van der Waals surface area (Å²) in [5.74, 6) is -0.450. The summed E-state index contributed by atoms with van der Waals surface area (Å²) < 4.78 is 0. The van der Waals surface area contributed by atoms with Crippen molar-refractivity contribution >= 4 is 28.9 Å². The highest BCUT2D eigenvalue weighted by Crippen LogP contribution is 2.27. The predicted octanol–water partition coefficient (Wildman–Crippen LogP) is 3.36. The van der Waals surface area contributed by atoms with E-state index in [-0.39, 0.29) is 24.2 Å². The van der Waals surface area contributed by atoms with E-state index in [2.05, 4.69) is 5.32 Å². The Bertz CT molecular complexity index is 828. The van der Waals surface area contributed by atoms with Gasteiger partial charge in [-0.15, -0.1) is 0 Å². The second kappa shape index (κ2) is 7.20. The lowest BCUT2D eigenvalue weighted by molar-refractivity contribution is -0.122. The maximum absolute atomic E-state index is 12.6. The molecule has 1 fully saturated rings. The molecule has 0 spiro atoms. The first-order valence-electron chi connectivity index (χ1n) is 8.81. The number of carbonyl (C=O) groups is 2. The Hall–Kier alpha value is -2.82. The Morgan fingerprint density at radius 2 is 1.77 bits per heavy atom. The number of amides is 2. The lowest BCUT2D eigenvalue weighted by Gasteiger charge is -2.19. The van der Waals surface area contributed by atoms with Gasteiger partial charge in [-0.3, -0.25) is 9.59 Å². The molecule has 2 aromatic carbocycles. The lowest BCUT2D eigenvalue weighted by atomic mass is 10.1. The van der Waals surface area contributed by atoms with Crippen LogP contribution in [0.1, 0.15) is 17.5 Å². The van der Waals surface area contributed by atoms with Crippen LogP contribution in [0.2, 0.25) is 0 Å². The number of rotatable bonds is 4. The summed E-state index contributed by atoms with van der Waals surface area (Å²) in [6.07, 6.45) is 0.242. The minimum absolute atomic E-state index is 0.0113. The van der Waals surface area contributed by atoms with Crippen molar-refractivity contribution in [3.63, 3.8) is 0 Å². The minimum atomic E-state index is -0.336.